The van der Waals surface area contributed by atoms with E-state index in [1.54, 1.807) is 7.11 Å². The third-order valence-corrected chi connectivity index (χ3v) is 4.42. The molecule has 1 saturated carbocycles. The molecule has 0 atom stereocenters. The van der Waals surface area contributed by atoms with Crippen LogP contribution in [0.3, 0.4) is 0 Å². The van der Waals surface area contributed by atoms with E-state index < -0.39 is 0 Å². The number of carbonyl (C=O) groups is 1. The van der Waals surface area contributed by atoms with Gasteiger partial charge in [0.1, 0.15) is 5.75 Å². The van der Waals surface area contributed by atoms with Crippen LogP contribution in [-0.2, 0) is 0 Å². The van der Waals surface area contributed by atoms with Crippen molar-refractivity contribution in [3.8, 4) is 5.75 Å². The fourth-order valence-corrected chi connectivity index (χ4v) is 3.14. The minimum Gasteiger partial charge on any atom is -0.497 e. The summed E-state index contributed by atoms with van der Waals surface area (Å²) in [5.74, 6) is 0.619. The number of nitrogens with zero attached hydrogens (tertiary/aromatic N) is 1. The lowest BCUT2D eigenvalue weighted by Gasteiger charge is -2.26. The summed E-state index contributed by atoms with van der Waals surface area (Å²) < 4.78 is 5.26. The summed E-state index contributed by atoms with van der Waals surface area (Å²) in [6.45, 7) is 1.89. The quantitative estimate of drug-likeness (QED) is 0.913. The van der Waals surface area contributed by atoms with E-state index in [0.29, 0.717) is 11.3 Å². The first-order chi connectivity index (χ1) is 11.1. The monoisotopic (exact) mass is 314 g/mol. The van der Waals surface area contributed by atoms with Crippen molar-refractivity contribution in [3.63, 3.8) is 0 Å². The van der Waals surface area contributed by atoms with Crippen LogP contribution < -0.4 is 10.1 Å². The normalized spacial score (nSPS) is 21.2. The van der Waals surface area contributed by atoms with Crippen LogP contribution in [-0.4, -0.2) is 35.3 Å². The Morgan fingerprint density at radius 2 is 2.00 bits per heavy atom. The third kappa shape index (κ3) is 3.45. The first-order valence-electron chi connectivity index (χ1n) is 8.01. The molecule has 2 N–H and O–H groups in total. The highest BCUT2D eigenvalue weighted by Gasteiger charge is 2.22. The van der Waals surface area contributed by atoms with Crippen molar-refractivity contribution in [3.05, 3.63) is 35.5 Å². The molecule has 1 aromatic carbocycles. The van der Waals surface area contributed by atoms with Crippen LogP contribution in [0, 0.1) is 6.92 Å². The summed E-state index contributed by atoms with van der Waals surface area (Å²) in [7, 11) is 1.61. The Hall–Kier alpha value is -2.14. The highest BCUT2D eigenvalue weighted by Crippen LogP contribution is 2.25. The summed E-state index contributed by atoms with van der Waals surface area (Å²) in [4.78, 5) is 17.2. The molecule has 0 bridgehead atoms. The fourth-order valence-electron chi connectivity index (χ4n) is 3.14. The van der Waals surface area contributed by atoms with Gasteiger partial charge in [-0.15, -0.1) is 0 Å². The number of pyridine rings is 1. The molecule has 1 aliphatic carbocycles. The zero-order valence-electron chi connectivity index (χ0n) is 13.5. The molecule has 1 aliphatic rings. The minimum atomic E-state index is -0.226. The van der Waals surface area contributed by atoms with Gasteiger partial charge in [0, 0.05) is 17.1 Å². The number of aliphatic hydroxyl groups excluding tert-OH is 1. The molecule has 2 aromatic rings. The molecule has 1 amide bonds. The molecule has 1 fully saturated rings. The summed E-state index contributed by atoms with van der Waals surface area (Å²) in [6.07, 6.45) is 2.90. The van der Waals surface area contributed by atoms with E-state index in [9.17, 15) is 9.90 Å². The molecule has 23 heavy (non-hydrogen) atoms. The average molecular weight is 314 g/mol. The van der Waals surface area contributed by atoms with Gasteiger partial charge in [0.25, 0.3) is 5.91 Å². The van der Waals surface area contributed by atoms with Crippen LogP contribution in [0.4, 0.5) is 0 Å². The number of nitrogens with one attached hydrogen (secondary N) is 1. The number of aromatic nitrogens is 1. The van der Waals surface area contributed by atoms with Gasteiger partial charge in [-0.2, -0.15) is 0 Å². The van der Waals surface area contributed by atoms with E-state index in [2.05, 4.69) is 10.3 Å². The molecule has 0 unspecified atom stereocenters. The van der Waals surface area contributed by atoms with Crippen molar-refractivity contribution < 1.29 is 14.6 Å². The molecular weight excluding hydrogens is 292 g/mol. The van der Waals surface area contributed by atoms with Gasteiger partial charge in [-0.3, -0.25) is 9.78 Å². The van der Waals surface area contributed by atoms with Gasteiger partial charge in [-0.05, 0) is 56.9 Å². The summed E-state index contributed by atoms with van der Waals surface area (Å²) >= 11 is 0. The lowest BCUT2D eigenvalue weighted by atomic mass is 9.93. The van der Waals surface area contributed by atoms with Gasteiger partial charge in [0.05, 0.1) is 24.3 Å². The Morgan fingerprint density at radius 3 is 2.70 bits per heavy atom. The van der Waals surface area contributed by atoms with Gasteiger partial charge < -0.3 is 15.2 Å². The average Bonchev–Trinajstić information content (AvgIpc) is 2.55. The van der Waals surface area contributed by atoms with Crippen LogP contribution in [0.25, 0.3) is 10.9 Å². The first-order valence-corrected chi connectivity index (χ1v) is 8.01. The lowest BCUT2D eigenvalue weighted by Crippen LogP contribution is -2.38. The Morgan fingerprint density at radius 1 is 1.26 bits per heavy atom. The topological polar surface area (TPSA) is 71.5 Å². The number of methoxy groups -OCH3 is 1. The number of ether oxygens (including phenoxy) is 1. The molecule has 5 heteroatoms. The predicted octanol–water partition coefficient (Wildman–Crippen LogP) is 2.59. The number of aryl methyl sites for hydroxylation is 1. The highest BCUT2D eigenvalue weighted by atomic mass is 16.5. The van der Waals surface area contributed by atoms with Crippen molar-refractivity contribution in [1.29, 1.82) is 0 Å². The number of rotatable bonds is 3. The zero-order valence-corrected chi connectivity index (χ0v) is 13.5. The van der Waals surface area contributed by atoms with Crippen LogP contribution in [0.15, 0.2) is 24.3 Å². The first kappa shape index (κ1) is 15.7. The van der Waals surface area contributed by atoms with Gasteiger partial charge in [-0.1, -0.05) is 0 Å². The van der Waals surface area contributed by atoms with Crippen LogP contribution in [0.2, 0.25) is 0 Å². The lowest BCUT2D eigenvalue weighted by molar-refractivity contribution is 0.0869. The second-order valence-corrected chi connectivity index (χ2v) is 6.17. The molecule has 5 nitrogen and oxygen atoms in total. The zero-order chi connectivity index (χ0) is 16.4. The van der Waals surface area contributed by atoms with Gasteiger partial charge in [0.2, 0.25) is 0 Å². The number of hydrogen-bond acceptors (Lipinski definition) is 4. The van der Waals surface area contributed by atoms with Gasteiger partial charge >= 0.3 is 0 Å². The number of hydrogen-bond donors (Lipinski definition) is 2. The van der Waals surface area contributed by atoms with E-state index in [0.717, 1.165) is 42.3 Å². The molecule has 0 radical (unpaired) electrons. The predicted molar refractivity (Wildman–Crippen MR) is 88.8 cm³/mol. The number of amides is 1. The Labute approximate surface area is 135 Å². The minimum absolute atomic E-state index is 0.0878. The maximum atomic E-state index is 12.7. The van der Waals surface area contributed by atoms with Crippen molar-refractivity contribution >= 4 is 16.8 Å². The molecule has 1 heterocycles. The number of fused-ring (bicyclic) bond motifs is 1. The van der Waals surface area contributed by atoms with E-state index in [1.807, 2.05) is 31.2 Å². The standard InChI is InChI=1S/C18H22N2O3/c1-11-9-16(15-10-14(23-2)7-8-17(15)19-11)18(22)20-12-3-5-13(21)6-4-12/h7-10,12-13,21H,3-6H2,1-2H3,(H,20,22). The van der Waals surface area contributed by atoms with E-state index in [1.165, 1.54) is 0 Å². The second kappa shape index (κ2) is 6.54. The molecule has 1 aromatic heterocycles. The third-order valence-electron chi connectivity index (χ3n) is 4.42. The smallest absolute Gasteiger partial charge is 0.252 e. The summed E-state index contributed by atoms with van der Waals surface area (Å²) in [6, 6.07) is 7.50. The number of aliphatic hydroxyl groups is 1. The molecule has 0 spiro atoms. The SMILES string of the molecule is COc1ccc2nc(C)cc(C(=O)NC3CCC(O)CC3)c2c1. The van der Waals surface area contributed by atoms with Crippen LogP contribution in [0.1, 0.15) is 41.7 Å². The van der Waals surface area contributed by atoms with E-state index in [4.69, 9.17) is 4.74 Å². The summed E-state index contributed by atoms with van der Waals surface area (Å²) in [5.41, 5.74) is 2.22. The fraction of sp³-hybridized carbons (Fsp3) is 0.444. The molecular formula is C18H22N2O3. The molecule has 3 rings (SSSR count). The van der Waals surface area contributed by atoms with Gasteiger partial charge in [0.15, 0.2) is 0 Å². The van der Waals surface area contributed by atoms with Crippen molar-refractivity contribution in [2.45, 2.75) is 44.8 Å². The van der Waals surface area contributed by atoms with Crippen molar-refractivity contribution in [1.82, 2.24) is 10.3 Å². The Bertz CT molecular complexity index is 722. The maximum Gasteiger partial charge on any atom is 0.252 e. The van der Waals surface area contributed by atoms with Crippen molar-refractivity contribution in [2.75, 3.05) is 7.11 Å². The maximum absolute atomic E-state index is 12.7. The van der Waals surface area contributed by atoms with E-state index in [-0.39, 0.29) is 18.1 Å². The van der Waals surface area contributed by atoms with Crippen molar-refractivity contribution in [2.24, 2.45) is 0 Å². The van der Waals surface area contributed by atoms with Crippen LogP contribution in [0.5, 0.6) is 5.75 Å². The Kier molecular flexibility index (Phi) is 4.48. The largest absolute Gasteiger partial charge is 0.497 e. The highest BCUT2D eigenvalue weighted by molar-refractivity contribution is 6.06. The number of benzene rings is 1. The van der Waals surface area contributed by atoms with Crippen LogP contribution >= 0.6 is 0 Å². The van der Waals surface area contributed by atoms with Gasteiger partial charge in [-0.25, -0.2) is 0 Å². The second-order valence-electron chi connectivity index (χ2n) is 6.17. The Balaban J connectivity index is 1.89. The number of carbonyl (C=O) groups excluding carboxylic acids is 1. The molecule has 0 saturated heterocycles. The molecule has 0 aliphatic heterocycles. The van der Waals surface area contributed by atoms with E-state index >= 15 is 0 Å². The summed E-state index contributed by atoms with van der Waals surface area (Å²) in [5, 5.41) is 13.5. The molecule has 122 valence electrons.